The highest BCUT2D eigenvalue weighted by atomic mass is 35.5. The van der Waals surface area contributed by atoms with E-state index in [1.165, 1.54) is 0 Å². The second-order valence-corrected chi connectivity index (χ2v) is 5.48. The molecule has 6 nitrogen and oxygen atoms in total. The summed E-state index contributed by atoms with van der Waals surface area (Å²) in [5.41, 5.74) is 0.499. The van der Waals surface area contributed by atoms with Crippen LogP contribution in [-0.4, -0.2) is 29.3 Å². The zero-order valence-electron chi connectivity index (χ0n) is 11.0. The second kappa shape index (κ2) is 5.91. The Morgan fingerprint density at radius 2 is 1.81 bits per heavy atom. The fourth-order valence-corrected chi connectivity index (χ4v) is 2.38. The van der Waals surface area contributed by atoms with Crippen LogP contribution in [0.1, 0.15) is 12.5 Å². The van der Waals surface area contributed by atoms with Crippen LogP contribution in [-0.2, 0) is 16.0 Å². The van der Waals surface area contributed by atoms with Crippen molar-refractivity contribution in [2.24, 2.45) is 0 Å². The zero-order chi connectivity index (χ0) is 15.6. The first-order valence-electron chi connectivity index (χ1n) is 6.14. The van der Waals surface area contributed by atoms with E-state index in [0.29, 0.717) is 22.9 Å². The van der Waals surface area contributed by atoms with Crippen molar-refractivity contribution >= 4 is 41.0 Å². The summed E-state index contributed by atoms with van der Waals surface area (Å²) < 4.78 is 5.42. The first-order chi connectivity index (χ1) is 9.86. The number of halogens is 2. The predicted octanol–water partition coefficient (Wildman–Crippen LogP) is 1.62. The molecule has 2 N–H and O–H groups in total. The zero-order valence-corrected chi connectivity index (χ0v) is 12.5. The maximum atomic E-state index is 11.9. The summed E-state index contributed by atoms with van der Waals surface area (Å²) in [6.07, 6.45) is -0.157. The van der Waals surface area contributed by atoms with Gasteiger partial charge in [-0.1, -0.05) is 23.2 Å². The molecule has 112 valence electrons. The molecule has 0 spiro atoms. The minimum atomic E-state index is -1.93. The third-order valence-electron chi connectivity index (χ3n) is 2.93. The summed E-state index contributed by atoms with van der Waals surface area (Å²) in [5.74, 6) is -1.28. The summed E-state index contributed by atoms with van der Waals surface area (Å²) in [6.45, 7) is 2.20. The Balaban J connectivity index is 2.36. The van der Waals surface area contributed by atoms with Crippen LogP contribution in [0.2, 0.25) is 5.02 Å². The molecule has 0 radical (unpaired) electrons. The Morgan fingerprint density at radius 3 is 2.38 bits per heavy atom. The van der Waals surface area contributed by atoms with Gasteiger partial charge in [-0.3, -0.25) is 20.2 Å². The molecule has 21 heavy (non-hydrogen) atoms. The lowest BCUT2D eigenvalue weighted by Crippen LogP contribution is -2.64. The van der Waals surface area contributed by atoms with E-state index in [1.807, 2.05) is 10.6 Å². The maximum absolute atomic E-state index is 11.9. The number of carbonyl (C=O) groups excluding carboxylic acids is 3. The van der Waals surface area contributed by atoms with Gasteiger partial charge in [-0.2, -0.15) is 0 Å². The average Bonchev–Trinajstić information content (AvgIpc) is 2.40. The molecule has 1 saturated heterocycles. The van der Waals surface area contributed by atoms with Crippen molar-refractivity contribution in [2.45, 2.75) is 18.2 Å². The monoisotopic (exact) mass is 330 g/mol. The minimum absolute atomic E-state index is 0.157. The minimum Gasteiger partial charge on any atom is -0.494 e. The standard InChI is InChI=1S/C13H12Cl2N2O4/c1-2-21-9-4-3-8(14)5-7(9)6-13(15)10(18)16-12(20)17-11(13)19/h3-5H,2,6H2,1H3,(H2,16,17,18,19,20). The van der Waals surface area contributed by atoms with Crippen LogP contribution in [0.25, 0.3) is 0 Å². The number of ether oxygens (including phenoxy) is 1. The Kier molecular flexibility index (Phi) is 4.39. The SMILES string of the molecule is CCOc1ccc(Cl)cc1CC1(Cl)C(=O)NC(=O)NC1=O. The molecule has 0 unspecified atom stereocenters. The van der Waals surface area contributed by atoms with E-state index in [9.17, 15) is 14.4 Å². The van der Waals surface area contributed by atoms with Gasteiger partial charge in [-0.15, -0.1) is 0 Å². The van der Waals surface area contributed by atoms with Crippen molar-refractivity contribution in [2.75, 3.05) is 6.61 Å². The van der Waals surface area contributed by atoms with Gasteiger partial charge >= 0.3 is 6.03 Å². The van der Waals surface area contributed by atoms with Gasteiger partial charge in [0, 0.05) is 11.4 Å². The van der Waals surface area contributed by atoms with Crippen molar-refractivity contribution < 1.29 is 19.1 Å². The number of hydrogen-bond donors (Lipinski definition) is 2. The summed E-state index contributed by atoms with van der Waals surface area (Å²) in [5, 5.41) is 4.36. The number of alkyl halides is 1. The number of nitrogens with one attached hydrogen (secondary N) is 2. The predicted molar refractivity (Wildman–Crippen MR) is 76.6 cm³/mol. The Labute approximate surface area is 130 Å². The van der Waals surface area contributed by atoms with E-state index in [4.69, 9.17) is 27.9 Å². The van der Waals surface area contributed by atoms with Crippen LogP contribution in [0, 0.1) is 0 Å². The quantitative estimate of drug-likeness (QED) is 0.649. The lowest BCUT2D eigenvalue weighted by Gasteiger charge is -2.28. The number of hydrogen-bond acceptors (Lipinski definition) is 4. The van der Waals surface area contributed by atoms with Crippen LogP contribution >= 0.6 is 23.2 Å². The lowest BCUT2D eigenvalue weighted by atomic mass is 9.94. The number of amides is 4. The van der Waals surface area contributed by atoms with E-state index >= 15 is 0 Å². The van der Waals surface area contributed by atoms with Crippen LogP contribution in [0.3, 0.4) is 0 Å². The third kappa shape index (κ3) is 3.11. The summed E-state index contributed by atoms with van der Waals surface area (Å²) >= 11 is 12.0. The molecule has 1 heterocycles. The van der Waals surface area contributed by atoms with Crippen LogP contribution < -0.4 is 15.4 Å². The molecule has 0 aromatic heterocycles. The van der Waals surface area contributed by atoms with Gasteiger partial charge in [-0.05, 0) is 30.7 Å². The number of imide groups is 2. The van der Waals surface area contributed by atoms with Crippen molar-refractivity contribution in [1.29, 1.82) is 0 Å². The Bertz CT molecular complexity index is 598. The molecule has 1 aliphatic heterocycles. The van der Waals surface area contributed by atoms with Gasteiger partial charge in [0.05, 0.1) is 6.61 Å². The van der Waals surface area contributed by atoms with Crippen LogP contribution in [0.4, 0.5) is 4.79 Å². The second-order valence-electron chi connectivity index (χ2n) is 4.40. The van der Waals surface area contributed by atoms with Gasteiger partial charge in [-0.25, -0.2) is 4.79 Å². The van der Waals surface area contributed by atoms with Crippen molar-refractivity contribution in [3.05, 3.63) is 28.8 Å². The smallest absolute Gasteiger partial charge is 0.328 e. The fourth-order valence-electron chi connectivity index (χ4n) is 1.94. The number of urea groups is 1. The van der Waals surface area contributed by atoms with E-state index in [0.717, 1.165) is 0 Å². The highest BCUT2D eigenvalue weighted by Gasteiger charge is 2.49. The summed E-state index contributed by atoms with van der Waals surface area (Å²) in [4.78, 5) is 32.9. The average molecular weight is 331 g/mol. The Hall–Kier alpha value is -1.79. The highest BCUT2D eigenvalue weighted by Crippen LogP contribution is 2.31. The summed E-state index contributed by atoms with van der Waals surface area (Å²) in [7, 11) is 0. The van der Waals surface area contributed by atoms with Crippen molar-refractivity contribution in [3.63, 3.8) is 0 Å². The molecule has 8 heteroatoms. The topological polar surface area (TPSA) is 84.5 Å². The van der Waals surface area contributed by atoms with E-state index in [1.54, 1.807) is 25.1 Å². The normalized spacial score (nSPS) is 17.2. The van der Waals surface area contributed by atoms with Gasteiger partial charge in [0.1, 0.15) is 5.75 Å². The molecule has 1 aromatic carbocycles. The molecule has 1 fully saturated rings. The van der Waals surface area contributed by atoms with Crippen LogP contribution in [0.5, 0.6) is 5.75 Å². The number of carbonyl (C=O) groups is 3. The van der Waals surface area contributed by atoms with E-state index < -0.39 is 22.7 Å². The molecule has 0 saturated carbocycles. The molecule has 0 aliphatic carbocycles. The number of benzene rings is 1. The maximum Gasteiger partial charge on any atom is 0.328 e. The first-order valence-corrected chi connectivity index (χ1v) is 6.89. The van der Waals surface area contributed by atoms with Crippen LogP contribution in [0.15, 0.2) is 18.2 Å². The van der Waals surface area contributed by atoms with E-state index in [-0.39, 0.29) is 6.42 Å². The lowest BCUT2D eigenvalue weighted by molar-refractivity contribution is -0.133. The Morgan fingerprint density at radius 1 is 1.19 bits per heavy atom. The largest absolute Gasteiger partial charge is 0.494 e. The van der Waals surface area contributed by atoms with Crippen molar-refractivity contribution in [3.8, 4) is 5.75 Å². The van der Waals surface area contributed by atoms with Gasteiger partial charge in [0.25, 0.3) is 11.8 Å². The molecular weight excluding hydrogens is 319 g/mol. The fraction of sp³-hybridized carbons (Fsp3) is 0.308. The first kappa shape index (κ1) is 15.6. The molecule has 1 aromatic rings. The van der Waals surface area contributed by atoms with E-state index in [2.05, 4.69) is 0 Å². The molecule has 0 bridgehead atoms. The van der Waals surface area contributed by atoms with Gasteiger partial charge in [0.15, 0.2) is 0 Å². The molecule has 4 amide bonds. The van der Waals surface area contributed by atoms with Gasteiger partial charge < -0.3 is 4.74 Å². The highest BCUT2D eigenvalue weighted by molar-refractivity contribution is 6.49. The molecular formula is C13H12Cl2N2O4. The third-order valence-corrected chi connectivity index (χ3v) is 3.64. The molecule has 0 atom stereocenters. The number of rotatable bonds is 4. The van der Waals surface area contributed by atoms with Gasteiger partial charge in [0.2, 0.25) is 4.87 Å². The molecule has 2 rings (SSSR count). The number of barbiturate groups is 1. The van der Waals surface area contributed by atoms with Crippen molar-refractivity contribution in [1.82, 2.24) is 10.6 Å². The summed E-state index contributed by atoms with van der Waals surface area (Å²) in [6, 6.07) is 3.93. The molecule has 1 aliphatic rings.